The zero-order valence-corrected chi connectivity index (χ0v) is 13.8. The van der Waals surface area contributed by atoms with E-state index in [1.54, 1.807) is 6.08 Å². The van der Waals surface area contributed by atoms with E-state index in [2.05, 4.69) is 32.6 Å². The number of hydrogen-bond donors (Lipinski definition) is 0. The number of ether oxygens (including phenoxy) is 2. The van der Waals surface area contributed by atoms with E-state index in [1.165, 1.54) is 5.57 Å². The fourth-order valence-corrected chi connectivity index (χ4v) is 3.77. The molecule has 0 aromatic heterocycles. The summed E-state index contributed by atoms with van der Waals surface area (Å²) in [7, 11) is 0. The lowest BCUT2D eigenvalue weighted by Crippen LogP contribution is -2.49. The van der Waals surface area contributed by atoms with E-state index >= 15 is 0 Å². The SMILES string of the molecule is CC1=C(C#CC2=CC(=O)CCC2)C(C)(C)C2(CC1)OCCO2. The summed E-state index contributed by atoms with van der Waals surface area (Å²) in [6.45, 7) is 7.77. The second-order valence-electron chi connectivity index (χ2n) is 6.97. The Balaban J connectivity index is 1.93. The Labute approximate surface area is 132 Å². The fraction of sp³-hybridized carbons (Fsp3) is 0.632. The Morgan fingerprint density at radius 2 is 1.82 bits per heavy atom. The molecule has 0 radical (unpaired) electrons. The van der Waals surface area contributed by atoms with Crippen LogP contribution in [-0.2, 0) is 14.3 Å². The van der Waals surface area contributed by atoms with Gasteiger partial charge in [-0.3, -0.25) is 4.79 Å². The molecule has 1 aliphatic heterocycles. The number of rotatable bonds is 0. The van der Waals surface area contributed by atoms with E-state index in [9.17, 15) is 4.79 Å². The van der Waals surface area contributed by atoms with E-state index in [0.717, 1.165) is 36.8 Å². The van der Waals surface area contributed by atoms with Crippen molar-refractivity contribution < 1.29 is 14.3 Å². The van der Waals surface area contributed by atoms with Crippen molar-refractivity contribution >= 4 is 5.78 Å². The summed E-state index contributed by atoms with van der Waals surface area (Å²) in [5.41, 5.74) is 3.11. The lowest BCUT2D eigenvalue weighted by Gasteiger charge is -2.46. The Kier molecular flexibility index (Phi) is 4.01. The minimum atomic E-state index is -0.534. The molecular formula is C19H24O3. The van der Waals surface area contributed by atoms with Gasteiger partial charge in [-0.1, -0.05) is 17.4 Å². The van der Waals surface area contributed by atoms with Crippen LogP contribution >= 0.6 is 0 Å². The lowest BCUT2D eigenvalue weighted by atomic mass is 9.68. The molecule has 1 saturated heterocycles. The Bertz CT molecular complexity index is 604. The van der Waals surface area contributed by atoms with Crippen molar-refractivity contribution in [2.45, 2.75) is 58.7 Å². The van der Waals surface area contributed by atoms with Crippen LogP contribution in [0.5, 0.6) is 0 Å². The van der Waals surface area contributed by atoms with E-state index in [1.807, 2.05) is 0 Å². The van der Waals surface area contributed by atoms with Gasteiger partial charge in [0, 0.05) is 24.0 Å². The quantitative estimate of drug-likeness (QED) is 0.642. The number of carbonyl (C=O) groups is 1. The fourth-order valence-electron chi connectivity index (χ4n) is 3.77. The van der Waals surface area contributed by atoms with Crippen LogP contribution in [0.4, 0.5) is 0 Å². The predicted molar refractivity (Wildman–Crippen MR) is 85.1 cm³/mol. The molecule has 0 amide bonds. The second-order valence-corrected chi connectivity index (χ2v) is 6.97. The Morgan fingerprint density at radius 3 is 2.50 bits per heavy atom. The van der Waals surface area contributed by atoms with Crippen molar-refractivity contribution in [1.82, 2.24) is 0 Å². The highest BCUT2D eigenvalue weighted by molar-refractivity contribution is 5.92. The topological polar surface area (TPSA) is 35.5 Å². The predicted octanol–water partition coefficient (Wildman–Crippen LogP) is 3.55. The molecule has 1 heterocycles. The molecule has 3 nitrogen and oxygen atoms in total. The van der Waals surface area contributed by atoms with Gasteiger partial charge in [0.15, 0.2) is 11.6 Å². The van der Waals surface area contributed by atoms with E-state index < -0.39 is 5.79 Å². The van der Waals surface area contributed by atoms with Crippen LogP contribution in [0.1, 0.15) is 52.9 Å². The van der Waals surface area contributed by atoms with Gasteiger partial charge in [-0.2, -0.15) is 0 Å². The maximum atomic E-state index is 11.5. The van der Waals surface area contributed by atoms with E-state index in [-0.39, 0.29) is 11.2 Å². The third-order valence-electron chi connectivity index (χ3n) is 5.14. The molecule has 22 heavy (non-hydrogen) atoms. The highest BCUT2D eigenvalue weighted by Gasteiger charge is 2.54. The third-order valence-corrected chi connectivity index (χ3v) is 5.14. The van der Waals surface area contributed by atoms with E-state index in [4.69, 9.17) is 9.47 Å². The smallest absolute Gasteiger partial charge is 0.178 e. The van der Waals surface area contributed by atoms with Gasteiger partial charge in [-0.25, -0.2) is 0 Å². The van der Waals surface area contributed by atoms with Crippen molar-refractivity contribution in [1.29, 1.82) is 0 Å². The van der Waals surface area contributed by atoms with Gasteiger partial charge in [-0.15, -0.1) is 0 Å². The first-order valence-electron chi connectivity index (χ1n) is 8.18. The maximum absolute atomic E-state index is 11.5. The molecule has 2 aliphatic carbocycles. The third kappa shape index (κ3) is 2.55. The highest BCUT2D eigenvalue weighted by atomic mass is 16.7. The first kappa shape index (κ1) is 15.5. The monoisotopic (exact) mass is 300 g/mol. The lowest BCUT2D eigenvalue weighted by molar-refractivity contribution is -0.222. The molecule has 0 bridgehead atoms. The van der Waals surface area contributed by atoms with Crippen molar-refractivity contribution in [2.75, 3.05) is 13.2 Å². The summed E-state index contributed by atoms with van der Waals surface area (Å²) in [5.74, 6) is 6.25. The first-order chi connectivity index (χ1) is 10.4. The number of ketones is 1. The van der Waals surface area contributed by atoms with Crippen LogP contribution in [-0.4, -0.2) is 24.8 Å². The van der Waals surface area contributed by atoms with Gasteiger partial charge in [0.2, 0.25) is 0 Å². The molecule has 3 rings (SSSR count). The maximum Gasteiger partial charge on any atom is 0.178 e. The highest BCUT2D eigenvalue weighted by Crippen LogP contribution is 2.51. The molecule has 0 atom stereocenters. The molecule has 0 aromatic rings. The van der Waals surface area contributed by atoms with Crippen LogP contribution in [0.25, 0.3) is 0 Å². The summed E-state index contributed by atoms with van der Waals surface area (Å²) >= 11 is 0. The summed E-state index contributed by atoms with van der Waals surface area (Å²) in [4.78, 5) is 11.5. The molecule has 3 heteroatoms. The number of carbonyl (C=O) groups excluding carboxylic acids is 1. The normalized spacial score (nSPS) is 26.7. The molecule has 1 spiro atoms. The average Bonchev–Trinajstić information content (AvgIpc) is 2.94. The van der Waals surface area contributed by atoms with Crippen LogP contribution < -0.4 is 0 Å². The van der Waals surface area contributed by atoms with Crippen molar-refractivity contribution in [2.24, 2.45) is 5.41 Å². The zero-order valence-electron chi connectivity index (χ0n) is 13.8. The van der Waals surface area contributed by atoms with Gasteiger partial charge in [0.05, 0.1) is 18.6 Å². The van der Waals surface area contributed by atoms with Crippen LogP contribution in [0, 0.1) is 17.3 Å². The van der Waals surface area contributed by atoms with Crippen LogP contribution in [0.15, 0.2) is 22.8 Å². The van der Waals surface area contributed by atoms with Crippen molar-refractivity contribution in [3.05, 3.63) is 22.8 Å². The summed E-state index contributed by atoms with van der Waals surface area (Å²) in [6, 6.07) is 0. The average molecular weight is 300 g/mol. The minimum absolute atomic E-state index is 0.197. The summed E-state index contributed by atoms with van der Waals surface area (Å²) in [5, 5.41) is 0. The van der Waals surface area contributed by atoms with Gasteiger partial charge in [-0.05, 0) is 46.1 Å². The standard InChI is InChI=1S/C19H24O3/c1-14-9-10-19(21-11-12-22-19)18(2,3)17(14)8-7-15-5-4-6-16(20)13-15/h13H,4-6,9-12H2,1-3H3. The molecular weight excluding hydrogens is 276 g/mol. The van der Waals surface area contributed by atoms with Crippen LogP contribution in [0.3, 0.4) is 0 Å². The molecule has 0 aromatic carbocycles. The first-order valence-corrected chi connectivity index (χ1v) is 8.18. The number of hydrogen-bond acceptors (Lipinski definition) is 3. The molecule has 3 aliphatic rings. The minimum Gasteiger partial charge on any atom is -0.347 e. The van der Waals surface area contributed by atoms with Gasteiger partial charge in [0.1, 0.15) is 0 Å². The molecule has 0 unspecified atom stereocenters. The van der Waals surface area contributed by atoms with Crippen molar-refractivity contribution in [3.63, 3.8) is 0 Å². The van der Waals surface area contributed by atoms with Gasteiger partial charge < -0.3 is 9.47 Å². The van der Waals surface area contributed by atoms with Gasteiger partial charge in [0.25, 0.3) is 0 Å². The summed E-state index contributed by atoms with van der Waals surface area (Å²) < 4.78 is 12.0. The second kappa shape index (κ2) is 5.68. The molecule has 0 saturated carbocycles. The number of allylic oxidation sites excluding steroid dienone is 3. The zero-order chi connectivity index (χ0) is 15.8. The summed E-state index contributed by atoms with van der Waals surface area (Å²) in [6.07, 6.45) is 6.02. The van der Waals surface area contributed by atoms with Crippen molar-refractivity contribution in [3.8, 4) is 11.8 Å². The largest absolute Gasteiger partial charge is 0.347 e. The molecule has 118 valence electrons. The Morgan fingerprint density at radius 1 is 1.09 bits per heavy atom. The van der Waals surface area contributed by atoms with Gasteiger partial charge >= 0.3 is 0 Å². The molecule has 0 N–H and O–H groups in total. The van der Waals surface area contributed by atoms with Crippen LogP contribution in [0.2, 0.25) is 0 Å². The Hall–Kier alpha value is -1.37. The van der Waals surface area contributed by atoms with E-state index in [0.29, 0.717) is 19.6 Å². The molecule has 1 fully saturated rings.